The summed E-state index contributed by atoms with van der Waals surface area (Å²) in [6.07, 6.45) is 4.16. The van der Waals surface area contributed by atoms with E-state index in [4.69, 9.17) is 5.41 Å². The van der Waals surface area contributed by atoms with E-state index in [1.165, 1.54) is 0 Å². The molecule has 1 aromatic carbocycles. The molecule has 1 fully saturated rings. The van der Waals surface area contributed by atoms with Gasteiger partial charge in [0, 0.05) is 24.7 Å². The Hall–Kier alpha value is -2.83. The van der Waals surface area contributed by atoms with E-state index in [2.05, 4.69) is 15.6 Å². The lowest BCUT2D eigenvalue weighted by atomic mass is 10.2. The fraction of sp³-hybridized carbons (Fsp3) is 0.312. The second-order valence-corrected chi connectivity index (χ2v) is 5.52. The van der Waals surface area contributed by atoms with Gasteiger partial charge < -0.3 is 20.6 Å². The molecule has 0 bridgehead atoms. The third kappa shape index (κ3) is 3.33. The van der Waals surface area contributed by atoms with Crippen LogP contribution in [0.5, 0.6) is 0 Å². The number of carboxylic acids is 1. The van der Waals surface area contributed by atoms with Gasteiger partial charge in [-0.2, -0.15) is 0 Å². The van der Waals surface area contributed by atoms with Gasteiger partial charge in [-0.1, -0.05) is 30.3 Å². The number of aliphatic imine (C=N–C) groups is 1. The molecule has 3 rings (SSSR count). The normalized spacial score (nSPS) is 22.3. The molecule has 2 unspecified atom stereocenters. The maximum atomic E-state index is 11.4. The first kappa shape index (κ1) is 15.1. The average Bonchev–Trinajstić information content (AvgIpc) is 2.99. The van der Waals surface area contributed by atoms with Crippen molar-refractivity contribution in [3.05, 3.63) is 47.8 Å². The Morgan fingerprint density at radius 1 is 1.39 bits per heavy atom. The molecule has 0 aromatic heterocycles. The van der Waals surface area contributed by atoms with Gasteiger partial charge in [-0.15, -0.1) is 0 Å². The highest BCUT2D eigenvalue weighted by Gasteiger charge is 2.38. The number of allylic oxidation sites excluding steroid dienone is 1. The minimum Gasteiger partial charge on any atom is -0.480 e. The van der Waals surface area contributed by atoms with Gasteiger partial charge in [0.05, 0.1) is 0 Å². The minimum atomic E-state index is -0.848. The van der Waals surface area contributed by atoms with E-state index < -0.39 is 18.2 Å². The van der Waals surface area contributed by atoms with Crippen molar-refractivity contribution in [1.29, 1.82) is 5.41 Å². The molecule has 0 radical (unpaired) electrons. The number of guanidine groups is 1. The Morgan fingerprint density at radius 2 is 2.17 bits per heavy atom. The first-order chi connectivity index (χ1) is 11.1. The summed E-state index contributed by atoms with van der Waals surface area (Å²) in [6, 6.07) is 9.21. The summed E-state index contributed by atoms with van der Waals surface area (Å²) in [5.74, 6) is -0.707. The zero-order chi connectivity index (χ0) is 16.2. The van der Waals surface area contributed by atoms with Crippen LogP contribution in [0, 0.1) is 5.41 Å². The van der Waals surface area contributed by atoms with Crippen LogP contribution in [0.2, 0.25) is 0 Å². The fourth-order valence-electron chi connectivity index (χ4n) is 2.87. The lowest BCUT2D eigenvalue weighted by Gasteiger charge is -2.34. The molecular weight excluding hydrogens is 294 g/mol. The number of carbonyl (C=O) groups is 1. The number of nitrogens with one attached hydrogen (secondary N) is 3. The number of fused-ring (bicyclic) bond motifs is 1. The molecule has 2 aliphatic heterocycles. The molecule has 1 aromatic rings. The van der Waals surface area contributed by atoms with Crippen LogP contribution in [0.1, 0.15) is 18.4 Å². The van der Waals surface area contributed by atoms with Crippen molar-refractivity contribution in [2.45, 2.75) is 31.6 Å². The SMILES string of the molecule is N=C(NCc1ccccc1)NC1C=NC=C2CCC(C(=O)O)N21. The number of benzene rings is 1. The highest BCUT2D eigenvalue weighted by atomic mass is 16.4. The summed E-state index contributed by atoms with van der Waals surface area (Å²) in [6.45, 7) is 0.529. The summed E-state index contributed by atoms with van der Waals surface area (Å²) in [5, 5.41) is 23.3. The van der Waals surface area contributed by atoms with Gasteiger partial charge in [-0.05, 0) is 18.4 Å². The molecule has 0 saturated carbocycles. The molecule has 2 aliphatic rings. The standard InChI is InChI=1S/C16H19N5O2/c17-16(19-8-11-4-2-1-3-5-11)20-14-10-18-9-12-6-7-13(15(22)23)21(12)14/h1-5,9-10,13-14H,6-8H2,(H,22,23)(H3,17,19,20). The lowest BCUT2D eigenvalue weighted by molar-refractivity contribution is -0.142. The van der Waals surface area contributed by atoms with Crippen molar-refractivity contribution in [2.24, 2.45) is 4.99 Å². The van der Waals surface area contributed by atoms with E-state index >= 15 is 0 Å². The van der Waals surface area contributed by atoms with Gasteiger partial charge in [0.15, 0.2) is 5.96 Å². The topological polar surface area (TPSA) is 101 Å². The molecule has 0 amide bonds. The minimum absolute atomic E-state index is 0.141. The van der Waals surface area contributed by atoms with Gasteiger partial charge in [0.2, 0.25) is 0 Å². The largest absolute Gasteiger partial charge is 0.480 e. The predicted octanol–water partition coefficient (Wildman–Crippen LogP) is 1.10. The smallest absolute Gasteiger partial charge is 0.326 e. The highest BCUT2D eigenvalue weighted by molar-refractivity contribution is 5.83. The monoisotopic (exact) mass is 313 g/mol. The highest BCUT2D eigenvalue weighted by Crippen LogP contribution is 2.30. The number of rotatable bonds is 4. The van der Waals surface area contributed by atoms with E-state index in [9.17, 15) is 9.90 Å². The number of aliphatic carboxylic acids is 1. The fourth-order valence-corrected chi connectivity index (χ4v) is 2.87. The molecule has 7 nitrogen and oxygen atoms in total. The molecule has 7 heteroatoms. The average molecular weight is 313 g/mol. The second kappa shape index (κ2) is 6.51. The molecule has 0 aliphatic carbocycles. The zero-order valence-electron chi connectivity index (χ0n) is 12.6. The van der Waals surface area contributed by atoms with Crippen molar-refractivity contribution in [2.75, 3.05) is 0 Å². The third-order valence-electron chi connectivity index (χ3n) is 3.98. The molecule has 2 heterocycles. The second-order valence-electron chi connectivity index (χ2n) is 5.52. The Kier molecular flexibility index (Phi) is 4.27. The summed E-state index contributed by atoms with van der Waals surface area (Å²) < 4.78 is 0. The molecule has 2 atom stereocenters. The van der Waals surface area contributed by atoms with Crippen LogP contribution in [0.15, 0.2) is 47.2 Å². The molecule has 4 N–H and O–H groups in total. The molecule has 120 valence electrons. The van der Waals surface area contributed by atoms with E-state index in [0.29, 0.717) is 19.4 Å². The van der Waals surface area contributed by atoms with Crippen molar-refractivity contribution in [3.63, 3.8) is 0 Å². The maximum absolute atomic E-state index is 11.4. The number of nitrogens with zero attached hydrogens (tertiary/aromatic N) is 2. The number of hydrogen-bond donors (Lipinski definition) is 4. The van der Waals surface area contributed by atoms with Gasteiger partial charge in [0.25, 0.3) is 0 Å². The van der Waals surface area contributed by atoms with Gasteiger partial charge in [-0.25, -0.2) is 4.79 Å². The van der Waals surface area contributed by atoms with Gasteiger partial charge in [0.1, 0.15) is 12.2 Å². The molecular formula is C16H19N5O2. The number of carboxylic acid groups (broad SMARTS) is 1. The Bertz CT molecular complexity index is 656. The zero-order valence-corrected chi connectivity index (χ0v) is 12.6. The van der Waals surface area contributed by atoms with Crippen molar-refractivity contribution in [1.82, 2.24) is 15.5 Å². The van der Waals surface area contributed by atoms with E-state index in [0.717, 1.165) is 11.3 Å². The van der Waals surface area contributed by atoms with Crippen LogP contribution >= 0.6 is 0 Å². The van der Waals surface area contributed by atoms with Crippen LogP contribution in [0.3, 0.4) is 0 Å². The van der Waals surface area contributed by atoms with Crippen molar-refractivity contribution < 1.29 is 9.90 Å². The van der Waals surface area contributed by atoms with Crippen LogP contribution in [-0.4, -0.2) is 40.4 Å². The van der Waals surface area contributed by atoms with Crippen molar-refractivity contribution >= 4 is 18.1 Å². The third-order valence-corrected chi connectivity index (χ3v) is 3.98. The van der Waals surface area contributed by atoms with Crippen LogP contribution in [0.25, 0.3) is 0 Å². The summed E-state index contributed by atoms with van der Waals surface area (Å²) in [5.41, 5.74) is 1.97. The first-order valence-electron chi connectivity index (χ1n) is 7.51. The number of hydrogen-bond acceptors (Lipinski definition) is 4. The van der Waals surface area contributed by atoms with E-state index in [1.54, 1.807) is 17.3 Å². The van der Waals surface area contributed by atoms with Crippen molar-refractivity contribution in [3.8, 4) is 0 Å². The predicted molar refractivity (Wildman–Crippen MR) is 87.0 cm³/mol. The maximum Gasteiger partial charge on any atom is 0.326 e. The summed E-state index contributed by atoms with van der Waals surface area (Å²) in [7, 11) is 0. The molecule has 0 spiro atoms. The quantitative estimate of drug-likeness (QED) is 0.493. The van der Waals surface area contributed by atoms with Gasteiger partial charge in [-0.3, -0.25) is 10.4 Å². The molecule has 1 saturated heterocycles. The first-order valence-corrected chi connectivity index (χ1v) is 7.51. The van der Waals surface area contributed by atoms with Gasteiger partial charge >= 0.3 is 5.97 Å². The summed E-state index contributed by atoms with van der Waals surface area (Å²) >= 11 is 0. The Labute approximate surface area is 134 Å². The lowest BCUT2D eigenvalue weighted by Crippen LogP contribution is -2.55. The van der Waals surface area contributed by atoms with E-state index in [1.807, 2.05) is 30.3 Å². The van der Waals surface area contributed by atoms with Crippen LogP contribution < -0.4 is 10.6 Å². The Balaban J connectivity index is 1.60. The summed E-state index contributed by atoms with van der Waals surface area (Å²) in [4.78, 5) is 17.3. The van der Waals surface area contributed by atoms with Crippen LogP contribution in [0.4, 0.5) is 0 Å². The van der Waals surface area contributed by atoms with Crippen LogP contribution in [-0.2, 0) is 11.3 Å². The van der Waals surface area contributed by atoms with E-state index in [-0.39, 0.29) is 5.96 Å². The molecule has 23 heavy (non-hydrogen) atoms. The Morgan fingerprint density at radius 3 is 2.91 bits per heavy atom.